The monoisotopic (exact) mass is 436 g/mol. The molecule has 14 nitrogen and oxygen atoms in total. The minimum Gasteiger partial charge on any atom is -0.481 e. The van der Waals surface area contributed by atoms with Crippen LogP contribution in [0.25, 0.3) is 0 Å². The molecule has 6 N–H and O–H groups in total. The summed E-state index contributed by atoms with van der Waals surface area (Å²) in [6.45, 7) is -0.604. The van der Waals surface area contributed by atoms with Crippen molar-refractivity contribution in [3.63, 3.8) is 0 Å². The molecular weight excluding hydrogens is 415 g/mol. The summed E-state index contributed by atoms with van der Waals surface area (Å²) < 4.78 is 23.3. The van der Waals surface area contributed by atoms with E-state index < -0.39 is 68.4 Å². The van der Waals surface area contributed by atoms with Gasteiger partial charge in [0.05, 0.1) is 25.2 Å². The summed E-state index contributed by atoms with van der Waals surface area (Å²) >= 11 is 0. The van der Waals surface area contributed by atoms with E-state index in [2.05, 4.69) is 5.32 Å². The standard InChI is InChI=1S/C14H21N4O10P/c1-15-7(4-12(21)22)13(23)17-29(25,26)27-6-9-8(19)5-11(28-9)18-3-2-10(20)16-14(18)24/h2-3,7-9,11,15,19H,4-6H2,1H3,(H,21,22)(H,16,20,24)(H2,17,23,25,26)/t7-,8-,9+,11+/m0/s1. The summed E-state index contributed by atoms with van der Waals surface area (Å²) in [7, 11) is -3.38. The number of H-pyrrole nitrogens is 1. The van der Waals surface area contributed by atoms with Crippen molar-refractivity contribution in [2.75, 3.05) is 13.7 Å². The maximum Gasteiger partial charge on any atom is 0.432 e. The Hall–Kier alpha value is -2.35. The Morgan fingerprint density at radius 1 is 1.48 bits per heavy atom. The molecule has 162 valence electrons. The SMILES string of the molecule is CN[C@@H](CC(=O)O)C(=O)NP(=O)(O)OC[C@H]1O[C@@H](n2ccc(=O)[nH]c2=O)C[C@@H]1O. The number of aliphatic hydroxyl groups is 1. The van der Waals surface area contributed by atoms with Crippen LogP contribution < -0.4 is 21.7 Å². The fourth-order valence-electron chi connectivity index (χ4n) is 2.61. The molecule has 1 aromatic heterocycles. The van der Waals surface area contributed by atoms with Crippen molar-refractivity contribution >= 4 is 19.6 Å². The lowest BCUT2D eigenvalue weighted by Gasteiger charge is -2.20. The van der Waals surface area contributed by atoms with Gasteiger partial charge < -0.3 is 25.2 Å². The largest absolute Gasteiger partial charge is 0.481 e. The highest BCUT2D eigenvalue weighted by Crippen LogP contribution is 2.39. The van der Waals surface area contributed by atoms with Crippen molar-refractivity contribution < 1.29 is 38.5 Å². The number of rotatable bonds is 9. The number of amides is 1. The fraction of sp³-hybridized carbons (Fsp3) is 0.571. The Morgan fingerprint density at radius 3 is 2.76 bits per heavy atom. The van der Waals surface area contributed by atoms with Gasteiger partial charge in [0.1, 0.15) is 12.3 Å². The third kappa shape index (κ3) is 6.32. The number of hydrogen-bond donors (Lipinski definition) is 6. The van der Waals surface area contributed by atoms with E-state index in [-0.39, 0.29) is 6.42 Å². The minimum absolute atomic E-state index is 0.0531. The summed E-state index contributed by atoms with van der Waals surface area (Å²) in [5, 5.41) is 22.9. The molecule has 29 heavy (non-hydrogen) atoms. The van der Waals surface area contributed by atoms with Gasteiger partial charge in [0.15, 0.2) is 0 Å². The van der Waals surface area contributed by atoms with Crippen LogP contribution in [-0.2, 0) is 23.4 Å². The van der Waals surface area contributed by atoms with Crippen molar-refractivity contribution in [2.24, 2.45) is 0 Å². The average Bonchev–Trinajstić information content (AvgIpc) is 2.97. The van der Waals surface area contributed by atoms with E-state index in [1.807, 2.05) is 4.98 Å². The summed E-state index contributed by atoms with van der Waals surface area (Å²) in [6, 6.07) is -0.172. The number of aliphatic carboxylic acids is 1. The molecule has 0 aromatic carbocycles. The van der Waals surface area contributed by atoms with E-state index in [1.54, 1.807) is 5.09 Å². The lowest BCUT2D eigenvalue weighted by Crippen LogP contribution is -2.43. The van der Waals surface area contributed by atoms with Gasteiger partial charge >= 0.3 is 19.4 Å². The zero-order valence-electron chi connectivity index (χ0n) is 15.2. The van der Waals surface area contributed by atoms with Crippen LogP contribution in [0.15, 0.2) is 21.9 Å². The lowest BCUT2D eigenvalue weighted by molar-refractivity contribution is -0.139. The van der Waals surface area contributed by atoms with Gasteiger partial charge in [0, 0.05) is 18.7 Å². The molecule has 1 fully saturated rings. The van der Waals surface area contributed by atoms with Gasteiger partial charge in [-0.3, -0.25) is 33.5 Å². The van der Waals surface area contributed by atoms with Crippen molar-refractivity contribution in [3.05, 3.63) is 33.1 Å². The number of likely N-dealkylation sites (N-methyl/N-ethyl adjacent to an activating group) is 1. The third-order valence-electron chi connectivity index (χ3n) is 4.07. The normalized spacial score (nSPS) is 24.6. The molecular formula is C14H21N4O10P. The van der Waals surface area contributed by atoms with Crippen molar-refractivity contribution in [1.82, 2.24) is 20.0 Å². The van der Waals surface area contributed by atoms with Crippen LogP contribution in [-0.4, -0.2) is 68.4 Å². The van der Waals surface area contributed by atoms with Gasteiger partial charge in [-0.1, -0.05) is 0 Å². The number of aliphatic hydroxyl groups excluding tert-OH is 1. The molecule has 1 unspecified atom stereocenters. The number of aromatic nitrogens is 2. The van der Waals surface area contributed by atoms with Crippen molar-refractivity contribution in [2.45, 2.75) is 37.3 Å². The first-order valence-corrected chi connectivity index (χ1v) is 9.93. The predicted molar refractivity (Wildman–Crippen MR) is 94.9 cm³/mol. The summed E-state index contributed by atoms with van der Waals surface area (Å²) in [5.41, 5.74) is -1.36. The first-order valence-electron chi connectivity index (χ1n) is 8.36. The van der Waals surface area contributed by atoms with Crippen molar-refractivity contribution in [3.8, 4) is 0 Å². The Morgan fingerprint density at radius 2 is 2.17 bits per heavy atom. The Bertz CT molecular complexity index is 914. The summed E-state index contributed by atoms with van der Waals surface area (Å²) in [4.78, 5) is 57.3. The minimum atomic E-state index is -4.69. The van der Waals surface area contributed by atoms with Crippen LogP contribution in [0.5, 0.6) is 0 Å². The first-order chi connectivity index (χ1) is 13.5. The maximum atomic E-state index is 12.0. The van der Waals surface area contributed by atoms with Crippen LogP contribution in [0.4, 0.5) is 0 Å². The van der Waals surface area contributed by atoms with Crippen LogP contribution in [0.1, 0.15) is 19.1 Å². The number of ether oxygens (including phenoxy) is 1. The second kappa shape index (κ2) is 9.43. The molecule has 1 aliphatic heterocycles. The van der Waals surface area contributed by atoms with E-state index in [1.165, 1.54) is 13.2 Å². The number of aromatic amines is 1. The number of nitrogens with one attached hydrogen (secondary N) is 3. The highest BCUT2D eigenvalue weighted by Gasteiger charge is 2.38. The van der Waals surface area contributed by atoms with Gasteiger partial charge in [-0.05, 0) is 7.05 Å². The Kier molecular flexibility index (Phi) is 7.46. The van der Waals surface area contributed by atoms with E-state index in [0.29, 0.717) is 0 Å². The second-order valence-electron chi connectivity index (χ2n) is 6.18. The average molecular weight is 436 g/mol. The highest BCUT2D eigenvalue weighted by atomic mass is 31.2. The van der Waals surface area contributed by atoms with Gasteiger partial charge in [0.2, 0.25) is 5.91 Å². The quantitative estimate of drug-likeness (QED) is 0.222. The smallest absolute Gasteiger partial charge is 0.432 e. The fourth-order valence-corrected chi connectivity index (χ4v) is 3.46. The van der Waals surface area contributed by atoms with Gasteiger partial charge in [-0.25, -0.2) is 9.36 Å². The Balaban J connectivity index is 1.95. The molecule has 2 rings (SSSR count). The number of carbonyl (C=O) groups is 2. The highest BCUT2D eigenvalue weighted by molar-refractivity contribution is 7.51. The molecule has 0 saturated carbocycles. The first kappa shape index (κ1) is 22.9. The molecule has 1 saturated heterocycles. The molecule has 0 bridgehead atoms. The Labute approximate surface area is 163 Å². The lowest BCUT2D eigenvalue weighted by atomic mass is 10.2. The molecule has 0 spiro atoms. The molecule has 0 radical (unpaired) electrons. The van der Waals surface area contributed by atoms with Crippen LogP contribution >= 0.6 is 7.75 Å². The maximum absolute atomic E-state index is 12.0. The van der Waals surface area contributed by atoms with Crippen LogP contribution in [0.2, 0.25) is 0 Å². The zero-order valence-corrected chi connectivity index (χ0v) is 16.1. The number of hydrogen-bond acceptors (Lipinski definition) is 9. The summed E-state index contributed by atoms with van der Waals surface area (Å²) in [6.07, 6.45) is -2.70. The summed E-state index contributed by atoms with van der Waals surface area (Å²) in [5.74, 6) is -2.36. The zero-order chi connectivity index (χ0) is 21.8. The molecule has 1 amide bonds. The van der Waals surface area contributed by atoms with Crippen LogP contribution in [0, 0.1) is 0 Å². The van der Waals surface area contributed by atoms with Gasteiger partial charge in [0.25, 0.3) is 5.56 Å². The topological polar surface area (TPSA) is 209 Å². The van der Waals surface area contributed by atoms with Gasteiger partial charge in [-0.2, -0.15) is 0 Å². The molecule has 1 aliphatic rings. The van der Waals surface area contributed by atoms with Crippen molar-refractivity contribution in [1.29, 1.82) is 0 Å². The molecule has 1 aromatic rings. The number of nitrogens with zero attached hydrogens (tertiary/aromatic N) is 1. The molecule has 2 heterocycles. The third-order valence-corrected chi connectivity index (χ3v) is 5.08. The van der Waals surface area contributed by atoms with Crippen LogP contribution in [0.3, 0.4) is 0 Å². The number of carboxylic acids is 1. The van der Waals surface area contributed by atoms with E-state index >= 15 is 0 Å². The van der Waals surface area contributed by atoms with E-state index in [0.717, 1.165) is 10.6 Å². The molecule has 0 aliphatic carbocycles. The predicted octanol–water partition coefficient (Wildman–Crippen LogP) is -2.52. The number of carbonyl (C=O) groups excluding carboxylic acids is 1. The second-order valence-corrected chi connectivity index (χ2v) is 7.70. The van der Waals surface area contributed by atoms with Gasteiger partial charge in [-0.15, -0.1) is 0 Å². The number of carboxylic acid groups (broad SMARTS) is 1. The molecule has 15 heteroatoms. The molecule has 5 atom stereocenters. The van der Waals surface area contributed by atoms with E-state index in [9.17, 15) is 33.7 Å². The van der Waals surface area contributed by atoms with E-state index in [4.69, 9.17) is 14.4 Å².